The molecule has 0 radical (unpaired) electrons. The summed E-state index contributed by atoms with van der Waals surface area (Å²) in [7, 11) is 3.12. The van der Waals surface area contributed by atoms with Gasteiger partial charge in [-0.15, -0.1) is 0 Å². The third-order valence-electron chi connectivity index (χ3n) is 2.30. The van der Waals surface area contributed by atoms with Gasteiger partial charge in [0.1, 0.15) is 0 Å². The minimum atomic E-state index is -0.763. The van der Waals surface area contributed by atoms with E-state index in [0.29, 0.717) is 12.1 Å². The Hall–Kier alpha value is -1.13. The fourth-order valence-electron chi connectivity index (χ4n) is 1.59. The first-order chi connectivity index (χ1) is 7.11. The fraction of sp³-hybridized carbons (Fsp3) is 0.455. The number of hydrogen-bond donors (Lipinski definition) is 2. The maximum atomic E-state index is 13.4. The molecule has 0 saturated carbocycles. The molecule has 15 heavy (non-hydrogen) atoms. The van der Waals surface area contributed by atoms with Crippen LogP contribution in [0.1, 0.15) is 17.2 Å². The topological polar surface area (TPSA) is 41.5 Å². The molecule has 0 aromatic heterocycles. The Morgan fingerprint density at radius 1 is 1.53 bits per heavy atom. The third kappa shape index (κ3) is 2.46. The lowest BCUT2D eigenvalue weighted by atomic mass is 10.0. The zero-order valence-corrected chi connectivity index (χ0v) is 9.17. The Morgan fingerprint density at radius 2 is 2.20 bits per heavy atom. The van der Waals surface area contributed by atoms with Gasteiger partial charge in [0.25, 0.3) is 0 Å². The lowest BCUT2D eigenvalue weighted by Crippen LogP contribution is -2.18. The van der Waals surface area contributed by atoms with E-state index in [0.717, 1.165) is 5.56 Å². The Labute approximate surface area is 88.9 Å². The van der Waals surface area contributed by atoms with E-state index in [-0.39, 0.29) is 5.75 Å². The molecule has 0 amide bonds. The van der Waals surface area contributed by atoms with E-state index < -0.39 is 11.9 Å². The zero-order valence-electron chi connectivity index (χ0n) is 9.17. The quantitative estimate of drug-likeness (QED) is 0.794. The molecule has 0 saturated heterocycles. The second-order valence-corrected chi connectivity index (χ2v) is 3.38. The van der Waals surface area contributed by atoms with Gasteiger partial charge in [0, 0.05) is 12.1 Å². The summed E-state index contributed by atoms with van der Waals surface area (Å²) < 4.78 is 18.3. The van der Waals surface area contributed by atoms with E-state index >= 15 is 0 Å². The minimum Gasteiger partial charge on any atom is -0.493 e. The van der Waals surface area contributed by atoms with Gasteiger partial charge in [-0.3, -0.25) is 0 Å². The number of aryl methyl sites for hydroxylation is 1. The molecule has 0 spiro atoms. The molecule has 2 N–H and O–H groups in total. The Balaban J connectivity index is 3.18. The number of halogens is 1. The van der Waals surface area contributed by atoms with Crippen LogP contribution in [0.15, 0.2) is 12.1 Å². The van der Waals surface area contributed by atoms with Crippen molar-refractivity contribution in [3.63, 3.8) is 0 Å². The predicted octanol–water partition coefficient (Wildman–Crippen LogP) is 1.40. The standard InChI is InChI=1S/C11H16FNO2/c1-7-4-5-8(12)11(15-3)10(7)9(14)6-13-2/h4-5,9,13-14H,6H2,1-3H3. The highest BCUT2D eigenvalue weighted by Crippen LogP contribution is 2.30. The van der Waals surface area contributed by atoms with Gasteiger partial charge in [-0.25, -0.2) is 4.39 Å². The molecule has 0 heterocycles. The number of likely N-dealkylation sites (N-methyl/N-ethyl adjacent to an activating group) is 1. The van der Waals surface area contributed by atoms with Crippen LogP contribution < -0.4 is 10.1 Å². The van der Waals surface area contributed by atoms with Crippen LogP contribution in [-0.4, -0.2) is 25.8 Å². The Kier molecular flexibility index (Phi) is 4.05. The van der Waals surface area contributed by atoms with Crippen LogP contribution in [0, 0.1) is 12.7 Å². The third-order valence-corrected chi connectivity index (χ3v) is 2.30. The van der Waals surface area contributed by atoms with Gasteiger partial charge in [-0.2, -0.15) is 0 Å². The highest BCUT2D eigenvalue weighted by atomic mass is 19.1. The van der Waals surface area contributed by atoms with Gasteiger partial charge >= 0.3 is 0 Å². The van der Waals surface area contributed by atoms with E-state index in [4.69, 9.17) is 4.74 Å². The summed E-state index contributed by atoms with van der Waals surface area (Å²) in [6, 6.07) is 2.97. The van der Waals surface area contributed by atoms with Gasteiger partial charge in [0.15, 0.2) is 11.6 Å². The lowest BCUT2D eigenvalue weighted by Gasteiger charge is -2.17. The number of ether oxygens (including phenoxy) is 1. The zero-order chi connectivity index (χ0) is 11.4. The summed E-state index contributed by atoms with van der Waals surface area (Å²) in [5, 5.41) is 12.7. The largest absolute Gasteiger partial charge is 0.493 e. The summed E-state index contributed by atoms with van der Waals surface area (Å²) in [4.78, 5) is 0. The van der Waals surface area contributed by atoms with Gasteiger partial charge < -0.3 is 15.2 Å². The van der Waals surface area contributed by atoms with E-state index in [9.17, 15) is 9.50 Å². The van der Waals surface area contributed by atoms with E-state index in [2.05, 4.69) is 5.32 Å². The predicted molar refractivity (Wildman–Crippen MR) is 56.6 cm³/mol. The monoisotopic (exact) mass is 213 g/mol. The molecule has 1 atom stereocenters. The van der Waals surface area contributed by atoms with Crippen LogP contribution in [0.3, 0.4) is 0 Å². The van der Waals surface area contributed by atoms with Crippen LogP contribution in [0.25, 0.3) is 0 Å². The van der Waals surface area contributed by atoms with Crippen LogP contribution in [0.5, 0.6) is 5.75 Å². The van der Waals surface area contributed by atoms with E-state index in [1.165, 1.54) is 13.2 Å². The minimum absolute atomic E-state index is 0.123. The number of rotatable bonds is 4. The molecular formula is C11H16FNO2. The van der Waals surface area contributed by atoms with E-state index in [1.807, 2.05) is 6.92 Å². The maximum Gasteiger partial charge on any atom is 0.165 e. The average molecular weight is 213 g/mol. The maximum absolute atomic E-state index is 13.4. The molecule has 1 rings (SSSR count). The van der Waals surface area contributed by atoms with Crippen molar-refractivity contribution in [2.24, 2.45) is 0 Å². The number of benzene rings is 1. The van der Waals surface area contributed by atoms with Crippen molar-refractivity contribution in [2.45, 2.75) is 13.0 Å². The normalized spacial score (nSPS) is 12.6. The summed E-state index contributed by atoms with van der Waals surface area (Å²) in [5.74, 6) is -0.328. The van der Waals surface area contributed by atoms with Crippen molar-refractivity contribution < 1.29 is 14.2 Å². The van der Waals surface area contributed by atoms with Crippen molar-refractivity contribution in [3.8, 4) is 5.75 Å². The average Bonchev–Trinajstić information content (AvgIpc) is 2.21. The molecule has 84 valence electrons. The molecule has 4 heteroatoms. The summed E-state index contributed by atoms with van der Waals surface area (Å²) in [6.07, 6.45) is -0.763. The van der Waals surface area contributed by atoms with Gasteiger partial charge in [0.05, 0.1) is 13.2 Å². The van der Waals surface area contributed by atoms with Crippen molar-refractivity contribution in [2.75, 3.05) is 20.7 Å². The number of nitrogens with one attached hydrogen (secondary N) is 1. The first-order valence-corrected chi connectivity index (χ1v) is 4.77. The first kappa shape index (κ1) is 11.9. The number of methoxy groups -OCH3 is 1. The van der Waals surface area contributed by atoms with E-state index in [1.54, 1.807) is 13.1 Å². The van der Waals surface area contributed by atoms with Gasteiger partial charge in [0.2, 0.25) is 0 Å². The van der Waals surface area contributed by atoms with Crippen molar-refractivity contribution in [1.82, 2.24) is 5.32 Å². The van der Waals surface area contributed by atoms with Crippen molar-refractivity contribution in [1.29, 1.82) is 0 Å². The molecule has 0 aliphatic carbocycles. The second kappa shape index (κ2) is 5.09. The molecule has 0 aliphatic rings. The Morgan fingerprint density at radius 3 is 2.73 bits per heavy atom. The Bertz CT molecular complexity index is 342. The molecule has 1 aromatic carbocycles. The van der Waals surface area contributed by atoms with Gasteiger partial charge in [-0.05, 0) is 25.6 Å². The molecule has 1 unspecified atom stereocenters. The molecule has 1 aromatic rings. The molecular weight excluding hydrogens is 197 g/mol. The first-order valence-electron chi connectivity index (χ1n) is 4.77. The summed E-state index contributed by atoms with van der Waals surface area (Å²) >= 11 is 0. The smallest absolute Gasteiger partial charge is 0.165 e. The highest BCUT2D eigenvalue weighted by Gasteiger charge is 2.18. The lowest BCUT2D eigenvalue weighted by molar-refractivity contribution is 0.171. The number of hydrogen-bond acceptors (Lipinski definition) is 3. The number of aliphatic hydroxyl groups excluding tert-OH is 1. The van der Waals surface area contributed by atoms with Crippen LogP contribution in [0.2, 0.25) is 0 Å². The summed E-state index contributed by atoms with van der Waals surface area (Å²) in [5.41, 5.74) is 1.32. The number of aliphatic hydroxyl groups is 1. The molecule has 3 nitrogen and oxygen atoms in total. The molecule has 0 bridgehead atoms. The molecule has 0 aliphatic heterocycles. The van der Waals surface area contributed by atoms with Crippen LogP contribution in [-0.2, 0) is 0 Å². The second-order valence-electron chi connectivity index (χ2n) is 3.38. The van der Waals surface area contributed by atoms with Crippen molar-refractivity contribution in [3.05, 3.63) is 29.1 Å². The SMILES string of the molecule is CNCC(O)c1c(C)ccc(F)c1OC. The molecule has 0 fully saturated rings. The van der Waals surface area contributed by atoms with Gasteiger partial charge in [-0.1, -0.05) is 6.07 Å². The fourth-order valence-corrected chi connectivity index (χ4v) is 1.59. The van der Waals surface area contributed by atoms with Crippen molar-refractivity contribution >= 4 is 0 Å². The van der Waals surface area contributed by atoms with Crippen LogP contribution in [0.4, 0.5) is 4.39 Å². The summed E-state index contributed by atoms with van der Waals surface area (Å²) in [6.45, 7) is 2.18. The highest BCUT2D eigenvalue weighted by molar-refractivity contribution is 5.42. The van der Waals surface area contributed by atoms with Crippen LogP contribution >= 0.6 is 0 Å².